The van der Waals surface area contributed by atoms with Crippen molar-refractivity contribution in [1.29, 1.82) is 0 Å². The summed E-state index contributed by atoms with van der Waals surface area (Å²) in [6, 6.07) is 7.61. The molecule has 1 atom stereocenters. The summed E-state index contributed by atoms with van der Waals surface area (Å²) in [6.07, 6.45) is -0.256. The van der Waals surface area contributed by atoms with Crippen molar-refractivity contribution < 1.29 is 13.9 Å². The molecule has 2 N–H and O–H groups in total. The van der Waals surface area contributed by atoms with Gasteiger partial charge in [-0.2, -0.15) is 0 Å². The number of carbonyl (C=O) groups is 1. The SMILES string of the molecule is CC(=O)OC(C)c1ccc2oc(CN)cc2c1. The van der Waals surface area contributed by atoms with Gasteiger partial charge in [0.2, 0.25) is 0 Å². The van der Waals surface area contributed by atoms with Gasteiger partial charge in [-0.25, -0.2) is 0 Å². The second kappa shape index (κ2) is 4.59. The number of ether oxygens (including phenoxy) is 1. The van der Waals surface area contributed by atoms with Gasteiger partial charge in [0.15, 0.2) is 0 Å². The molecular weight excluding hydrogens is 218 g/mol. The molecule has 0 saturated heterocycles. The largest absolute Gasteiger partial charge is 0.460 e. The Balaban J connectivity index is 2.33. The van der Waals surface area contributed by atoms with Crippen molar-refractivity contribution in [1.82, 2.24) is 0 Å². The molecule has 1 unspecified atom stereocenters. The minimum atomic E-state index is -0.285. The van der Waals surface area contributed by atoms with Gasteiger partial charge in [-0.05, 0) is 30.7 Å². The molecule has 1 heterocycles. The van der Waals surface area contributed by atoms with Crippen LogP contribution in [-0.4, -0.2) is 5.97 Å². The lowest BCUT2D eigenvalue weighted by molar-refractivity contribution is -0.145. The molecule has 90 valence electrons. The third-order valence-electron chi connectivity index (χ3n) is 2.60. The van der Waals surface area contributed by atoms with Crippen molar-refractivity contribution in [3.8, 4) is 0 Å². The fraction of sp³-hybridized carbons (Fsp3) is 0.308. The molecule has 2 rings (SSSR count). The van der Waals surface area contributed by atoms with E-state index in [1.165, 1.54) is 6.92 Å². The first kappa shape index (κ1) is 11.7. The summed E-state index contributed by atoms with van der Waals surface area (Å²) >= 11 is 0. The number of hydrogen-bond acceptors (Lipinski definition) is 4. The van der Waals surface area contributed by atoms with Gasteiger partial charge in [-0.15, -0.1) is 0 Å². The molecule has 0 radical (unpaired) electrons. The Morgan fingerprint density at radius 1 is 1.47 bits per heavy atom. The molecule has 0 aliphatic heterocycles. The molecule has 4 heteroatoms. The van der Waals surface area contributed by atoms with E-state index in [9.17, 15) is 4.79 Å². The topological polar surface area (TPSA) is 65.5 Å². The smallest absolute Gasteiger partial charge is 0.303 e. The molecular formula is C13H15NO3. The van der Waals surface area contributed by atoms with Crippen LogP contribution in [0.4, 0.5) is 0 Å². The second-order valence-electron chi connectivity index (χ2n) is 3.97. The standard InChI is InChI=1S/C13H15NO3/c1-8(16-9(2)15)10-3-4-13-11(5-10)6-12(7-14)17-13/h3-6,8H,7,14H2,1-2H3. The molecule has 1 aromatic carbocycles. The van der Waals surface area contributed by atoms with Crippen LogP contribution in [0.3, 0.4) is 0 Å². The first-order chi connectivity index (χ1) is 8.10. The van der Waals surface area contributed by atoms with Crippen molar-refractivity contribution in [3.63, 3.8) is 0 Å². The third kappa shape index (κ3) is 2.47. The Morgan fingerprint density at radius 3 is 2.88 bits per heavy atom. The predicted molar refractivity (Wildman–Crippen MR) is 64.3 cm³/mol. The summed E-state index contributed by atoms with van der Waals surface area (Å²) in [5.74, 6) is 0.463. The van der Waals surface area contributed by atoms with E-state index in [0.717, 1.165) is 22.3 Å². The Bertz CT molecular complexity index is 545. The van der Waals surface area contributed by atoms with Gasteiger partial charge in [0, 0.05) is 12.3 Å². The molecule has 0 bridgehead atoms. The molecule has 0 saturated carbocycles. The van der Waals surface area contributed by atoms with Crippen LogP contribution in [-0.2, 0) is 16.1 Å². The maximum absolute atomic E-state index is 10.9. The van der Waals surface area contributed by atoms with Gasteiger partial charge in [0.25, 0.3) is 0 Å². The van der Waals surface area contributed by atoms with E-state index in [0.29, 0.717) is 6.54 Å². The Morgan fingerprint density at radius 2 is 2.24 bits per heavy atom. The lowest BCUT2D eigenvalue weighted by Crippen LogP contribution is -2.04. The predicted octanol–water partition coefficient (Wildman–Crippen LogP) is 2.52. The van der Waals surface area contributed by atoms with Gasteiger partial charge in [-0.3, -0.25) is 4.79 Å². The highest BCUT2D eigenvalue weighted by Crippen LogP contribution is 2.25. The van der Waals surface area contributed by atoms with E-state index in [1.807, 2.05) is 31.2 Å². The highest BCUT2D eigenvalue weighted by atomic mass is 16.5. The van der Waals surface area contributed by atoms with Crippen molar-refractivity contribution in [2.75, 3.05) is 0 Å². The maximum atomic E-state index is 10.9. The van der Waals surface area contributed by atoms with Gasteiger partial charge in [0.1, 0.15) is 17.4 Å². The van der Waals surface area contributed by atoms with Crippen molar-refractivity contribution in [2.45, 2.75) is 26.5 Å². The van der Waals surface area contributed by atoms with Gasteiger partial charge < -0.3 is 14.9 Å². The minimum Gasteiger partial charge on any atom is -0.460 e. The zero-order chi connectivity index (χ0) is 12.4. The van der Waals surface area contributed by atoms with Crippen molar-refractivity contribution >= 4 is 16.9 Å². The fourth-order valence-electron chi connectivity index (χ4n) is 1.79. The second-order valence-corrected chi connectivity index (χ2v) is 3.97. The van der Waals surface area contributed by atoms with Crippen LogP contribution >= 0.6 is 0 Å². The monoisotopic (exact) mass is 233 g/mol. The summed E-state index contributed by atoms with van der Waals surface area (Å²) in [5, 5.41) is 0.974. The number of carbonyl (C=O) groups excluding carboxylic acids is 1. The van der Waals surface area contributed by atoms with Gasteiger partial charge in [-0.1, -0.05) is 6.07 Å². The third-order valence-corrected chi connectivity index (χ3v) is 2.60. The number of fused-ring (bicyclic) bond motifs is 1. The Kier molecular flexibility index (Phi) is 3.15. The van der Waals surface area contributed by atoms with Crippen LogP contribution in [0.1, 0.15) is 31.3 Å². The van der Waals surface area contributed by atoms with E-state index < -0.39 is 0 Å². The number of benzene rings is 1. The molecule has 0 aliphatic carbocycles. The maximum Gasteiger partial charge on any atom is 0.303 e. The van der Waals surface area contributed by atoms with E-state index in [2.05, 4.69) is 0 Å². The van der Waals surface area contributed by atoms with Crippen LogP contribution < -0.4 is 5.73 Å². The molecule has 0 fully saturated rings. The molecule has 0 amide bonds. The highest BCUT2D eigenvalue weighted by molar-refractivity contribution is 5.79. The summed E-state index contributed by atoms with van der Waals surface area (Å²) in [4.78, 5) is 10.9. The van der Waals surface area contributed by atoms with Crippen molar-refractivity contribution in [3.05, 3.63) is 35.6 Å². The zero-order valence-corrected chi connectivity index (χ0v) is 9.90. The summed E-state index contributed by atoms with van der Waals surface area (Å²) in [5.41, 5.74) is 7.25. The quantitative estimate of drug-likeness (QED) is 0.827. The van der Waals surface area contributed by atoms with Crippen LogP contribution in [0.15, 0.2) is 28.7 Å². The average Bonchev–Trinajstić information content (AvgIpc) is 2.69. The molecule has 17 heavy (non-hydrogen) atoms. The fourth-order valence-corrected chi connectivity index (χ4v) is 1.79. The van der Waals surface area contributed by atoms with Crippen LogP contribution in [0.5, 0.6) is 0 Å². The molecule has 4 nitrogen and oxygen atoms in total. The van der Waals surface area contributed by atoms with Crippen LogP contribution in [0.25, 0.3) is 11.0 Å². The number of nitrogens with two attached hydrogens (primary N) is 1. The normalized spacial score (nSPS) is 12.6. The number of rotatable bonds is 3. The lowest BCUT2D eigenvalue weighted by Gasteiger charge is -2.11. The minimum absolute atomic E-state index is 0.256. The van der Waals surface area contributed by atoms with Crippen LogP contribution in [0.2, 0.25) is 0 Å². The van der Waals surface area contributed by atoms with E-state index in [1.54, 1.807) is 0 Å². The van der Waals surface area contributed by atoms with Gasteiger partial charge in [0.05, 0.1) is 6.54 Å². The number of esters is 1. The molecule has 0 spiro atoms. The molecule has 2 aromatic rings. The highest BCUT2D eigenvalue weighted by Gasteiger charge is 2.10. The van der Waals surface area contributed by atoms with Crippen LogP contribution in [0, 0.1) is 0 Å². The molecule has 0 aliphatic rings. The summed E-state index contributed by atoms with van der Waals surface area (Å²) in [7, 11) is 0. The Labute approximate surface area is 99.3 Å². The average molecular weight is 233 g/mol. The zero-order valence-electron chi connectivity index (χ0n) is 9.90. The summed E-state index contributed by atoms with van der Waals surface area (Å²) < 4.78 is 10.6. The van der Waals surface area contributed by atoms with E-state index in [-0.39, 0.29) is 12.1 Å². The number of furan rings is 1. The van der Waals surface area contributed by atoms with Crippen molar-refractivity contribution in [2.24, 2.45) is 5.73 Å². The first-order valence-corrected chi connectivity index (χ1v) is 5.50. The number of hydrogen-bond donors (Lipinski definition) is 1. The summed E-state index contributed by atoms with van der Waals surface area (Å²) in [6.45, 7) is 3.62. The Hall–Kier alpha value is -1.81. The van der Waals surface area contributed by atoms with E-state index in [4.69, 9.17) is 14.9 Å². The first-order valence-electron chi connectivity index (χ1n) is 5.50. The lowest BCUT2D eigenvalue weighted by atomic mass is 10.1. The molecule has 1 aromatic heterocycles. The van der Waals surface area contributed by atoms with Gasteiger partial charge >= 0.3 is 5.97 Å². The van der Waals surface area contributed by atoms with E-state index >= 15 is 0 Å².